The average molecular weight is 341 g/mol. The third kappa shape index (κ3) is 1.62. The number of hydrogen-bond donors (Lipinski definition) is 2. The summed E-state index contributed by atoms with van der Waals surface area (Å²) in [5, 5.41) is 22.5. The summed E-state index contributed by atoms with van der Waals surface area (Å²) in [6.45, 7) is 2.20. The van der Waals surface area contributed by atoms with E-state index < -0.39 is 5.60 Å². The van der Waals surface area contributed by atoms with E-state index in [-0.39, 0.29) is 23.3 Å². The summed E-state index contributed by atoms with van der Waals surface area (Å²) in [6, 6.07) is 4.07. The van der Waals surface area contributed by atoms with Crippen LogP contribution < -0.4 is 4.74 Å². The van der Waals surface area contributed by atoms with Crippen molar-refractivity contribution in [2.45, 2.75) is 74.5 Å². The van der Waals surface area contributed by atoms with E-state index in [1.807, 2.05) is 0 Å². The van der Waals surface area contributed by atoms with Crippen LogP contribution in [0.5, 0.6) is 11.5 Å². The molecule has 2 N–H and O–H groups in total. The number of phenolic OH excluding ortho intramolecular Hbond substituents is 1. The first-order valence-corrected chi connectivity index (χ1v) is 10.1. The Morgan fingerprint density at radius 2 is 2.04 bits per heavy atom. The molecule has 4 unspecified atom stereocenters. The van der Waals surface area contributed by atoms with E-state index in [2.05, 4.69) is 11.0 Å². The molecule has 4 heteroatoms. The molecule has 25 heavy (non-hydrogen) atoms. The van der Waals surface area contributed by atoms with Crippen molar-refractivity contribution in [3.8, 4) is 11.5 Å². The van der Waals surface area contributed by atoms with Crippen molar-refractivity contribution in [3.05, 3.63) is 23.3 Å². The van der Waals surface area contributed by atoms with Gasteiger partial charge in [-0.05, 0) is 69.0 Å². The maximum atomic E-state index is 12.1. The molecule has 2 aliphatic heterocycles. The van der Waals surface area contributed by atoms with Gasteiger partial charge in [0.25, 0.3) is 0 Å². The summed E-state index contributed by atoms with van der Waals surface area (Å²) in [4.78, 5) is 2.60. The number of aliphatic hydroxyl groups is 1. The van der Waals surface area contributed by atoms with Crippen molar-refractivity contribution in [3.63, 3.8) is 0 Å². The van der Waals surface area contributed by atoms with Gasteiger partial charge < -0.3 is 14.9 Å². The summed E-state index contributed by atoms with van der Waals surface area (Å²) in [5.41, 5.74) is 1.45. The molecule has 134 valence electrons. The molecule has 3 aliphatic carbocycles. The fourth-order valence-electron chi connectivity index (χ4n) is 6.85. The number of piperidine rings is 1. The zero-order chi connectivity index (χ0) is 16.8. The molecule has 0 amide bonds. The molecule has 5 aliphatic rings. The summed E-state index contributed by atoms with van der Waals surface area (Å²) in [6.07, 6.45) is 8.84. The van der Waals surface area contributed by atoms with E-state index in [4.69, 9.17) is 4.74 Å². The predicted octanol–water partition coefficient (Wildman–Crippen LogP) is 2.74. The molecule has 2 heterocycles. The number of aromatic hydroxyl groups is 1. The molecule has 4 atom stereocenters. The van der Waals surface area contributed by atoms with Crippen molar-refractivity contribution in [2.75, 3.05) is 13.1 Å². The van der Waals surface area contributed by atoms with Crippen LogP contribution in [0.4, 0.5) is 0 Å². The number of benzene rings is 1. The number of phenols is 1. The quantitative estimate of drug-likeness (QED) is 0.868. The second-order valence-corrected chi connectivity index (χ2v) is 9.10. The summed E-state index contributed by atoms with van der Waals surface area (Å²) < 4.78 is 6.29. The Morgan fingerprint density at radius 3 is 2.84 bits per heavy atom. The lowest BCUT2D eigenvalue weighted by Crippen LogP contribution is -2.75. The van der Waals surface area contributed by atoms with Crippen LogP contribution in [-0.2, 0) is 11.8 Å². The molecule has 1 aromatic rings. The zero-order valence-corrected chi connectivity index (χ0v) is 14.7. The van der Waals surface area contributed by atoms with Gasteiger partial charge in [0.1, 0.15) is 6.10 Å². The normalized spacial score (nSPS) is 41.8. The molecule has 6 rings (SSSR count). The monoisotopic (exact) mass is 341 g/mol. The Kier molecular flexibility index (Phi) is 2.80. The third-order valence-electron chi connectivity index (χ3n) is 8.19. The van der Waals surface area contributed by atoms with Gasteiger partial charge in [0.05, 0.1) is 11.0 Å². The van der Waals surface area contributed by atoms with Crippen LogP contribution in [-0.4, -0.2) is 45.9 Å². The van der Waals surface area contributed by atoms with Gasteiger partial charge in [-0.1, -0.05) is 12.5 Å². The fourth-order valence-corrected chi connectivity index (χ4v) is 6.85. The van der Waals surface area contributed by atoms with Crippen molar-refractivity contribution in [2.24, 2.45) is 5.92 Å². The van der Waals surface area contributed by atoms with Gasteiger partial charge in [0.15, 0.2) is 11.5 Å². The number of rotatable bonds is 2. The first kappa shape index (κ1) is 14.9. The lowest BCUT2D eigenvalue weighted by molar-refractivity contribution is -0.187. The maximum Gasteiger partial charge on any atom is 0.165 e. The van der Waals surface area contributed by atoms with E-state index in [0.29, 0.717) is 5.75 Å². The SMILES string of the molecule is Oc1ccc2c3c1OC1CCCC4(O)C(C2)N(CC2CCC2)CCC314. The van der Waals surface area contributed by atoms with E-state index in [1.165, 1.54) is 24.8 Å². The minimum atomic E-state index is -0.704. The molecular weight excluding hydrogens is 314 g/mol. The number of ether oxygens (including phenoxy) is 1. The maximum absolute atomic E-state index is 12.1. The number of hydrogen-bond acceptors (Lipinski definition) is 4. The molecule has 1 saturated heterocycles. The van der Waals surface area contributed by atoms with E-state index in [0.717, 1.165) is 56.7 Å². The van der Waals surface area contributed by atoms with Gasteiger partial charge >= 0.3 is 0 Å². The summed E-state index contributed by atoms with van der Waals surface area (Å²) in [7, 11) is 0. The highest BCUT2D eigenvalue weighted by Crippen LogP contribution is 2.65. The molecule has 0 aromatic heterocycles. The van der Waals surface area contributed by atoms with Gasteiger partial charge in [0.2, 0.25) is 0 Å². The van der Waals surface area contributed by atoms with Crippen molar-refractivity contribution in [1.29, 1.82) is 0 Å². The minimum absolute atomic E-state index is 0.0296. The van der Waals surface area contributed by atoms with Crippen molar-refractivity contribution >= 4 is 0 Å². The van der Waals surface area contributed by atoms with Gasteiger partial charge in [-0.2, -0.15) is 0 Å². The molecule has 1 aromatic carbocycles. The van der Waals surface area contributed by atoms with Crippen molar-refractivity contribution < 1.29 is 14.9 Å². The Labute approximate surface area is 148 Å². The largest absolute Gasteiger partial charge is 0.504 e. The van der Waals surface area contributed by atoms with Gasteiger partial charge in [-0.25, -0.2) is 0 Å². The van der Waals surface area contributed by atoms with Gasteiger partial charge in [-0.15, -0.1) is 0 Å². The summed E-state index contributed by atoms with van der Waals surface area (Å²) >= 11 is 0. The highest BCUT2D eigenvalue weighted by molar-refractivity contribution is 5.62. The van der Waals surface area contributed by atoms with Crippen LogP contribution in [0, 0.1) is 5.92 Å². The first-order chi connectivity index (χ1) is 12.1. The molecule has 0 radical (unpaired) electrons. The van der Waals surface area contributed by atoms with E-state index in [1.54, 1.807) is 6.07 Å². The highest BCUT2D eigenvalue weighted by atomic mass is 16.5. The second kappa shape index (κ2) is 4.72. The lowest BCUT2D eigenvalue weighted by atomic mass is 9.49. The first-order valence-electron chi connectivity index (χ1n) is 10.1. The average Bonchev–Trinajstić information content (AvgIpc) is 2.89. The van der Waals surface area contributed by atoms with E-state index >= 15 is 0 Å². The number of likely N-dealkylation sites (tertiary alicyclic amines) is 1. The lowest BCUT2D eigenvalue weighted by Gasteiger charge is -2.63. The van der Waals surface area contributed by atoms with Crippen LogP contribution in [0.15, 0.2) is 12.1 Å². The molecule has 2 saturated carbocycles. The second-order valence-electron chi connectivity index (χ2n) is 9.10. The summed E-state index contributed by atoms with van der Waals surface area (Å²) in [5.74, 6) is 1.75. The third-order valence-corrected chi connectivity index (χ3v) is 8.19. The molecule has 3 fully saturated rings. The number of nitrogens with zero attached hydrogens (tertiary/aromatic N) is 1. The topological polar surface area (TPSA) is 52.9 Å². The molecular formula is C21H27NO3. The minimum Gasteiger partial charge on any atom is -0.504 e. The molecule has 2 bridgehead atoms. The van der Waals surface area contributed by atoms with Crippen LogP contribution in [0.3, 0.4) is 0 Å². The Bertz CT molecular complexity index is 745. The standard InChI is InChI=1S/C21H27NO3/c23-15-7-6-14-11-16-21(24)8-2-5-17-20(21,18(14)19(15)25-17)9-10-22(16)12-13-3-1-4-13/h6-7,13,16-17,23-24H,1-5,8-12H2. The fraction of sp³-hybridized carbons (Fsp3) is 0.714. The van der Waals surface area contributed by atoms with Gasteiger partial charge in [0, 0.05) is 18.2 Å². The Hall–Kier alpha value is -1.26. The van der Waals surface area contributed by atoms with E-state index in [9.17, 15) is 10.2 Å². The van der Waals surface area contributed by atoms with Crippen molar-refractivity contribution in [1.82, 2.24) is 4.90 Å². The Morgan fingerprint density at radius 1 is 1.16 bits per heavy atom. The smallest absolute Gasteiger partial charge is 0.165 e. The van der Waals surface area contributed by atoms with Gasteiger partial charge in [-0.3, -0.25) is 4.90 Å². The van der Waals surface area contributed by atoms with Crippen LogP contribution >= 0.6 is 0 Å². The van der Waals surface area contributed by atoms with Crippen LogP contribution in [0.2, 0.25) is 0 Å². The molecule has 1 spiro atoms. The van der Waals surface area contributed by atoms with Crippen LogP contribution in [0.1, 0.15) is 56.1 Å². The predicted molar refractivity (Wildman–Crippen MR) is 94.0 cm³/mol. The highest BCUT2D eigenvalue weighted by Gasteiger charge is 2.71. The Balaban J connectivity index is 1.51. The molecule has 4 nitrogen and oxygen atoms in total. The zero-order valence-electron chi connectivity index (χ0n) is 14.7. The van der Waals surface area contributed by atoms with Crippen LogP contribution in [0.25, 0.3) is 0 Å².